The van der Waals surface area contributed by atoms with Crippen molar-refractivity contribution in [1.29, 1.82) is 0 Å². The minimum absolute atomic E-state index is 0.185. The van der Waals surface area contributed by atoms with Crippen molar-refractivity contribution in [1.82, 2.24) is 19.8 Å². The molecule has 1 N–H and O–H groups in total. The number of halogens is 1. The molecule has 1 saturated heterocycles. The molecule has 2 aromatic heterocycles. The molecule has 0 saturated carbocycles. The van der Waals surface area contributed by atoms with Gasteiger partial charge in [0.05, 0.1) is 17.8 Å². The van der Waals surface area contributed by atoms with Crippen LogP contribution in [-0.2, 0) is 4.74 Å². The lowest BCUT2D eigenvalue weighted by atomic mass is 10.0. The third kappa shape index (κ3) is 3.96. The Bertz CT molecular complexity index is 1040. The first-order valence-electron chi connectivity index (χ1n) is 9.76. The van der Waals surface area contributed by atoms with E-state index >= 15 is 0 Å². The second kappa shape index (κ2) is 7.48. The fourth-order valence-electron chi connectivity index (χ4n) is 3.64. The highest BCUT2D eigenvalue weighted by Crippen LogP contribution is 2.30. The monoisotopic (exact) mass is 396 g/mol. The van der Waals surface area contributed by atoms with E-state index < -0.39 is 5.60 Å². The highest BCUT2D eigenvalue weighted by Gasteiger charge is 2.33. The maximum absolute atomic E-state index is 14.2. The molecule has 3 aromatic rings. The average Bonchev–Trinajstić information content (AvgIpc) is 3.10. The Morgan fingerprint density at radius 1 is 1.24 bits per heavy atom. The molecule has 0 spiro atoms. The number of carbonyl (C=O) groups is 1. The van der Waals surface area contributed by atoms with E-state index in [0.29, 0.717) is 25.2 Å². The molecule has 152 valence electrons. The molecule has 1 unspecified atom stereocenters. The van der Waals surface area contributed by atoms with Crippen LogP contribution in [-0.4, -0.2) is 45.8 Å². The number of hydrogen-bond acceptors (Lipinski definition) is 4. The number of amides is 1. The van der Waals surface area contributed by atoms with Gasteiger partial charge in [0.15, 0.2) is 0 Å². The van der Waals surface area contributed by atoms with Crippen LogP contribution in [0.5, 0.6) is 0 Å². The SMILES string of the molecule is CC(C)(C)OC(=O)N1CCNCC1c1cnn2cc(-c3ccccc3F)ccc12. The van der Waals surface area contributed by atoms with Crippen molar-refractivity contribution in [3.8, 4) is 11.1 Å². The number of piperazine rings is 1. The Labute approximate surface area is 169 Å². The van der Waals surface area contributed by atoms with Crippen LogP contribution in [0.15, 0.2) is 48.8 Å². The summed E-state index contributed by atoms with van der Waals surface area (Å²) in [6.07, 6.45) is 3.26. The van der Waals surface area contributed by atoms with Gasteiger partial charge < -0.3 is 10.1 Å². The smallest absolute Gasteiger partial charge is 0.410 e. The molecule has 1 atom stereocenters. The van der Waals surface area contributed by atoms with Crippen LogP contribution in [0.25, 0.3) is 16.6 Å². The lowest BCUT2D eigenvalue weighted by Crippen LogP contribution is -2.50. The zero-order valence-corrected chi connectivity index (χ0v) is 16.9. The molecule has 29 heavy (non-hydrogen) atoms. The van der Waals surface area contributed by atoms with Gasteiger partial charge in [-0.25, -0.2) is 13.7 Å². The lowest BCUT2D eigenvalue weighted by Gasteiger charge is -2.36. The number of fused-ring (bicyclic) bond motifs is 1. The Kier molecular flexibility index (Phi) is 5.00. The highest BCUT2D eigenvalue weighted by molar-refractivity contribution is 5.71. The topological polar surface area (TPSA) is 58.9 Å². The molecular weight excluding hydrogens is 371 g/mol. The third-order valence-electron chi connectivity index (χ3n) is 4.96. The molecule has 3 heterocycles. The number of carbonyl (C=O) groups excluding carboxylic acids is 1. The molecule has 0 bridgehead atoms. The molecule has 0 aliphatic carbocycles. The van der Waals surface area contributed by atoms with Gasteiger partial charge in [-0.3, -0.25) is 4.90 Å². The van der Waals surface area contributed by atoms with Crippen LogP contribution in [0.4, 0.5) is 9.18 Å². The molecule has 1 aliphatic rings. The van der Waals surface area contributed by atoms with Crippen LogP contribution >= 0.6 is 0 Å². The third-order valence-corrected chi connectivity index (χ3v) is 4.96. The van der Waals surface area contributed by atoms with E-state index in [1.54, 1.807) is 27.7 Å². The fraction of sp³-hybridized carbons (Fsp3) is 0.364. The summed E-state index contributed by atoms with van der Waals surface area (Å²) in [5, 5.41) is 7.81. The van der Waals surface area contributed by atoms with Gasteiger partial charge in [-0.15, -0.1) is 0 Å². The second-order valence-corrected chi connectivity index (χ2v) is 8.22. The highest BCUT2D eigenvalue weighted by atomic mass is 19.1. The second-order valence-electron chi connectivity index (χ2n) is 8.22. The number of rotatable bonds is 2. The molecule has 7 heteroatoms. The van der Waals surface area contributed by atoms with Crippen LogP contribution in [0.1, 0.15) is 32.4 Å². The number of hydrogen-bond donors (Lipinski definition) is 1. The summed E-state index contributed by atoms with van der Waals surface area (Å²) in [6.45, 7) is 7.48. The van der Waals surface area contributed by atoms with Crippen molar-refractivity contribution >= 4 is 11.6 Å². The van der Waals surface area contributed by atoms with Crippen molar-refractivity contribution in [2.45, 2.75) is 32.4 Å². The number of pyridine rings is 1. The van der Waals surface area contributed by atoms with Crippen molar-refractivity contribution in [3.05, 3.63) is 60.2 Å². The van der Waals surface area contributed by atoms with Crippen LogP contribution in [0.3, 0.4) is 0 Å². The maximum Gasteiger partial charge on any atom is 0.410 e. The minimum Gasteiger partial charge on any atom is -0.444 e. The molecule has 1 aromatic carbocycles. The summed E-state index contributed by atoms with van der Waals surface area (Å²) >= 11 is 0. The summed E-state index contributed by atoms with van der Waals surface area (Å²) < 4.78 is 21.5. The van der Waals surface area contributed by atoms with Crippen molar-refractivity contribution < 1.29 is 13.9 Å². The summed E-state index contributed by atoms with van der Waals surface area (Å²) in [6, 6.07) is 10.3. The molecule has 1 aliphatic heterocycles. The summed E-state index contributed by atoms with van der Waals surface area (Å²) in [5.74, 6) is -0.271. The Morgan fingerprint density at radius 2 is 2.03 bits per heavy atom. The fourth-order valence-corrected chi connectivity index (χ4v) is 3.64. The van der Waals surface area contributed by atoms with E-state index in [1.807, 2.05) is 45.2 Å². The van der Waals surface area contributed by atoms with E-state index in [9.17, 15) is 9.18 Å². The lowest BCUT2D eigenvalue weighted by molar-refractivity contribution is 0.0119. The quantitative estimate of drug-likeness (QED) is 0.711. The van der Waals surface area contributed by atoms with Crippen molar-refractivity contribution in [2.24, 2.45) is 0 Å². The van der Waals surface area contributed by atoms with Crippen LogP contribution in [0, 0.1) is 5.82 Å². The number of nitrogens with zero attached hydrogens (tertiary/aromatic N) is 3. The largest absolute Gasteiger partial charge is 0.444 e. The van der Waals surface area contributed by atoms with Crippen LogP contribution in [0.2, 0.25) is 0 Å². The van der Waals surface area contributed by atoms with E-state index in [4.69, 9.17) is 4.74 Å². The molecule has 4 rings (SSSR count). The van der Waals surface area contributed by atoms with Gasteiger partial charge >= 0.3 is 6.09 Å². The predicted molar refractivity (Wildman–Crippen MR) is 109 cm³/mol. The van der Waals surface area contributed by atoms with Crippen molar-refractivity contribution in [2.75, 3.05) is 19.6 Å². The molecule has 1 amide bonds. The number of nitrogens with one attached hydrogen (secondary N) is 1. The number of ether oxygens (including phenoxy) is 1. The van der Waals surface area contributed by atoms with Crippen LogP contribution < -0.4 is 5.32 Å². The van der Waals surface area contributed by atoms with Gasteiger partial charge in [-0.1, -0.05) is 24.3 Å². The first-order valence-corrected chi connectivity index (χ1v) is 9.76. The Hall–Kier alpha value is -2.93. The molecule has 1 fully saturated rings. The average molecular weight is 396 g/mol. The predicted octanol–water partition coefficient (Wildman–Crippen LogP) is 4.02. The molecule has 6 nitrogen and oxygen atoms in total. The Balaban J connectivity index is 1.68. The minimum atomic E-state index is -0.553. The molecule has 0 radical (unpaired) electrons. The Morgan fingerprint density at radius 3 is 2.79 bits per heavy atom. The molecular formula is C22H25FN4O2. The summed E-state index contributed by atoms with van der Waals surface area (Å²) in [7, 11) is 0. The van der Waals surface area contributed by atoms with Gasteiger partial charge in [0.1, 0.15) is 11.4 Å². The first-order chi connectivity index (χ1) is 13.8. The van der Waals surface area contributed by atoms with Gasteiger partial charge in [-0.05, 0) is 32.9 Å². The maximum atomic E-state index is 14.2. The van der Waals surface area contributed by atoms with Gasteiger partial charge in [0.2, 0.25) is 0 Å². The zero-order chi connectivity index (χ0) is 20.6. The summed E-state index contributed by atoms with van der Waals surface area (Å²) in [5.41, 5.74) is 2.54. The normalized spacial score (nSPS) is 17.5. The standard InChI is InChI=1S/C22H25FN4O2/c1-22(2,3)29-21(28)26-11-10-24-13-20(26)17-12-25-27-14-15(8-9-19(17)27)16-6-4-5-7-18(16)23/h4-9,12,14,20,24H,10-11,13H2,1-3H3. The van der Waals surface area contributed by atoms with E-state index in [-0.39, 0.29) is 18.0 Å². The van der Waals surface area contributed by atoms with Gasteiger partial charge in [0, 0.05) is 42.5 Å². The van der Waals surface area contributed by atoms with Gasteiger partial charge in [0.25, 0.3) is 0 Å². The first kappa shape index (κ1) is 19.4. The van der Waals surface area contributed by atoms with E-state index in [0.717, 1.165) is 16.6 Å². The summed E-state index contributed by atoms with van der Waals surface area (Å²) in [4.78, 5) is 14.5. The van der Waals surface area contributed by atoms with E-state index in [1.165, 1.54) is 6.07 Å². The number of aromatic nitrogens is 2. The van der Waals surface area contributed by atoms with Gasteiger partial charge in [-0.2, -0.15) is 5.10 Å². The van der Waals surface area contributed by atoms with Crippen molar-refractivity contribution in [3.63, 3.8) is 0 Å². The van der Waals surface area contributed by atoms with E-state index in [2.05, 4.69) is 10.4 Å². The zero-order valence-electron chi connectivity index (χ0n) is 16.9. The number of benzene rings is 1.